The van der Waals surface area contributed by atoms with Crippen molar-refractivity contribution in [1.29, 1.82) is 0 Å². The second-order valence-corrected chi connectivity index (χ2v) is 4.20. The van der Waals surface area contributed by atoms with Gasteiger partial charge in [0.1, 0.15) is 5.75 Å². The molecule has 0 spiro atoms. The van der Waals surface area contributed by atoms with Crippen molar-refractivity contribution in [2.24, 2.45) is 5.10 Å². The lowest BCUT2D eigenvalue weighted by Gasteiger charge is -2.16. The molecule has 0 bridgehead atoms. The maximum absolute atomic E-state index is 10.7. The van der Waals surface area contributed by atoms with E-state index in [-0.39, 0.29) is 11.4 Å². The van der Waals surface area contributed by atoms with Crippen molar-refractivity contribution in [3.8, 4) is 5.75 Å². The minimum atomic E-state index is -0.493. The summed E-state index contributed by atoms with van der Waals surface area (Å²) in [5.41, 5.74) is 0.295. The van der Waals surface area contributed by atoms with E-state index in [4.69, 9.17) is 0 Å². The molecule has 0 aliphatic carbocycles. The van der Waals surface area contributed by atoms with Gasteiger partial charge in [-0.1, -0.05) is 13.8 Å². The standard InChI is InChI=1S/C13H19N3O3/c1-3-7-15(8-4-2)14-10-11-9-12(16(18)19)5-6-13(11)17/h5-6,9-10,17H,3-4,7-8H2,1-2H3/b14-10+. The van der Waals surface area contributed by atoms with Crippen molar-refractivity contribution in [3.05, 3.63) is 33.9 Å². The molecule has 1 rings (SSSR count). The molecule has 6 heteroatoms. The molecular weight excluding hydrogens is 246 g/mol. The van der Waals surface area contributed by atoms with Crippen LogP contribution < -0.4 is 0 Å². The van der Waals surface area contributed by atoms with Gasteiger partial charge in [0.15, 0.2) is 0 Å². The maximum Gasteiger partial charge on any atom is 0.270 e. The van der Waals surface area contributed by atoms with Crippen molar-refractivity contribution < 1.29 is 10.0 Å². The number of nitro groups is 1. The number of phenolic OH excluding ortho intramolecular Hbond substituents is 1. The van der Waals surface area contributed by atoms with E-state index in [0.717, 1.165) is 25.9 Å². The van der Waals surface area contributed by atoms with Crippen molar-refractivity contribution in [1.82, 2.24) is 5.01 Å². The first-order valence-corrected chi connectivity index (χ1v) is 6.34. The predicted octanol–water partition coefficient (Wildman–Crippen LogP) is 2.76. The molecule has 0 radical (unpaired) electrons. The first kappa shape index (κ1) is 14.9. The van der Waals surface area contributed by atoms with Gasteiger partial charge in [0.05, 0.1) is 11.1 Å². The Kier molecular flexibility index (Phi) is 5.78. The fourth-order valence-corrected chi connectivity index (χ4v) is 1.65. The zero-order chi connectivity index (χ0) is 14.3. The third-order valence-electron chi connectivity index (χ3n) is 2.55. The Morgan fingerprint density at radius 2 is 2.00 bits per heavy atom. The van der Waals surface area contributed by atoms with Crippen molar-refractivity contribution in [2.75, 3.05) is 13.1 Å². The highest BCUT2D eigenvalue weighted by Gasteiger charge is 2.09. The lowest BCUT2D eigenvalue weighted by atomic mass is 10.2. The van der Waals surface area contributed by atoms with E-state index < -0.39 is 4.92 Å². The van der Waals surface area contributed by atoms with E-state index in [1.54, 1.807) is 0 Å². The zero-order valence-corrected chi connectivity index (χ0v) is 11.2. The second-order valence-electron chi connectivity index (χ2n) is 4.20. The number of nitrogens with zero attached hydrogens (tertiary/aromatic N) is 3. The molecule has 0 saturated carbocycles. The van der Waals surface area contributed by atoms with Crippen LogP contribution in [-0.4, -0.2) is 34.3 Å². The number of non-ortho nitro benzene ring substituents is 1. The summed E-state index contributed by atoms with van der Waals surface area (Å²) in [5.74, 6) is -0.0118. The van der Waals surface area contributed by atoms with Crippen LogP contribution in [0.15, 0.2) is 23.3 Å². The van der Waals surface area contributed by atoms with E-state index in [2.05, 4.69) is 18.9 Å². The molecule has 1 aromatic rings. The molecule has 19 heavy (non-hydrogen) atoms. The normalized spacial score (nSPS) is 10.8. The minimum Gasteiger partial charge on any atom is -0.507 e. The van der Waals surface area contributed by atoms with Gasteiger partial charge in [-0.25, -0.2) is 0 Å². The highest BCUT2D eigenvalue weighted by atomic mass is 16.6. The Bertz CT molecular complexity index is 454. The van der Waals surface area contributed by atoms with Gasteiger partial charge in [0.2, 0.25) is 0 Å². The van der Waals surface area contributed by atoms with E-state index in [9.17, 15) is 15.2 Å². The number of rotatable bonds is 7. The summed E-state index contributed by atoms with van der Waals surface area (Å²) >= 11 is 0. The molecule has 0 heterocycles. The summed E-state index contributed by atoms with van der Waals surface area (Å²) in [5, 5.41) is 26.5. The van der Waals surface area contributed by atoms with Crippen molar-refractivity contribution in [2.45, 2.75) is 26.7 Å². The molecular formula is C13H19N3O3. The molecule has 0 aliphatic rings. The molecule has 0 unspecified atom stereocenters. The topological polar surface area (TPSA) is 79.0 Å². The predicted molar refractivity (Wildman–Crippen MR) is 74.5 cm³/mol. The summed E-state index contributed by atoms with van der Waals surface area (Å²) in [6.45, 7) is 5.76. The van der Waals surface area contributed by atoms with Gasteiger partial charge in [-0.05, 0) is 18.9 Å². The summed E-state index contributed by atoms with van der Waals surface area (Å²) in [4.78, 5) is 10.2. The van der Waals surface area contributed by atoms with Crippen LogP contribution in [0.3, 0.4) is 0 Å². The lowest BCUT2D eigenvalue weighted by molar-refractivity contribution is -0.384. The number of hydrogen-bond acceptors (Lipinski definition) is 5. The van der Waals surface area contributed by atoms with E-state index in [1.807, 2.05) is 5.01 Å². The number of hydrazone groups is 1. The second kappa shape index (κ2) is 7.35. The van der Waals surface area contributed by atoms with Gasteiger partial charge in [-0.15, -0.1) is 0 Å². The van der Waals surface area contributed by atoms with E-state index in [0.29, 0.717) is 5.56 Å². The Balaban J connectivity index is 2.89. The van der Waals surface area contributed by atoms with E-state index in [1.165, 1.54) is 24.4 Å². The number of nitro benzene ring substituents is 1. The SMILES string of the molecule is CCCN(CCC)/N=C/c1cc([N+](=O)[O-])ccc1O. The number of phenols is 1. The Morgan fingerprint density at radius 3 is 2.53 bits per heavy atom. The summed E-state index contributed by atoms with van der Waals surface area (Å²) in [7, 11) is 0. The van der Waals surface area contributed by atoms with Crippen LogP contribution in [0.25, 0.3) is 0 Å². The zero-order valence-electron chi connectivity index (χ0n) is 11.2. The average molecular weight is 265 g/mol. The highest BCUT2D eigenvalue weighted by molar-refractivity contribution is 5.84. The van der Waals surface area contributed by atoms with Crippen molar-refractivity contribution >= 4 is 11.9 Å². The molecule has 0 atom stereocenters. The van der Waals surface area contributed by atoms with Crippen LogP contribution in [0.2, 0.25) is 0 Å². The smallest absolute Gasteiger partial charge is 0.270 e. The van der Waals surface area contributed by atoms with Gasteiger partial charge < -0.3 is 5.11 Å². The third kappa shape index (κ3) is 4.57. The average Bonchev–Trinajstić information content (AvgIpc) is 2.37. The molecule has 0 saturated heterocycles. The van der Waals surface area contributed by atoms with Crippen LogP contribution in [0, 0.1) is 10.1 Å². The van der Waals surface area contributed by atoms with Gasteiger partial charge in [-0.3, -0.25) is 15.1 Å². The van der Waals surface area contributed by atoms with Crippen LogP contribution in [-0.2, 0) is 0 Å². The van der Waals surface area contributed by atoms with Crippen LogP contribution >= 0.6 is 0 Å². The molecule has 104 valence electrons. The van der Waals surface area contributed by atoms with Gasteiger partial charge in [0.25, 0.3) is 5.69 Å². The largest absolute Gasteiger partial charge is 0.507 e. The Hall–Kier alpha value is -2.11. The first-order chi connectivity index (χ1) is 9.08. The monoisotopic (exact) mass is 265 g/mol. The fraction of sp³-hybridized carbons (Fsp3) is 0.462. The molecule has 0 fully saturated rings. The highest BCUT2D eigenvalue weighted by Crippen LogP contribution is 2.21. The van der Waals surface area contributed by atoms with Crippen LogP contribution in [0.4, 0.5) is 5.69 Å². The number of aromatic hydroxyl groups is 1. The van der Waals surface area contributed by atoms with Crippen LogP contribution in [0.1, 0.15) is 32.3 Å². The molecule has 1 aromatic carbocycles. The number of hydrogen-bond donors (Lipinski definition) is 1. The molecule has 0 aromatic heterocycles. The quantitative estimate of drug-likeness (QED) is 0.467. The van der Waals surface area contributed by atoms with Gasteiger partial charge >= 0.3 is 0 Å². The molecule has 1 N–H and O–H groups in total. The van der Waals surface area contributed by atoms with Gasteiger partial charge in [-0.2, -0.15) is 5.10 Å². The summed E-state index contributed by atoms with van der Waals surface area (Å²) < 4.78 is 0. The first-order valence-electron chi connectivity index (χ1n) is 6.34. The lowest BCUT2D eigenvalue weighted by Crippen LogP contribution is -2.19. The van der Waals surface area contributed by atoms with E-state index >= 15 is 0 Å². The third-order valence-corrected chi connectivity index (χ3v) is 2.55. The minimum absolute atomic E-state index is 0.0118. The fourth-order valence-electron chi connectivity index (χ4n) is 1.65. The molecule has 0 aliphatic heterocycles. The molecule has 0 amide bonds. The molecule has 6 nitrogen and oxygen atoms in total. The number of benzene rings is 1. The summed E-state index contributed by atoms with van der Waals surface area (Å²) in [6, 6.07) is 3.89. The Labute approximate surface area is 112 Å². The van der Waals surface area contributed by atoms with Crippen molar-refractivity contribution in [3.63, 3.8) is 0 Å². The summed E-state index contributed by atoms with van der Waals surface area (Å²) in [6.07, 6.45) is 3.41. The maximum atomic E-state index is 10.7. The van der Waals surface area contributed by atoms with Gasteiger partial charge in [0, 0.05) is 30.8 Å². The van der Waals surface area contributed by atoms with Crippen LogP contribution in [0.5, 0.6) is 5.75 Å². The Morgan fingerprint density at radius 1 is 1.37 bits per heavy atom.